The zero-order chi connectivity index (χ0) is 21.3. The molecule has 2 aromatic heterocycles. The van der Waals surface area contributed by atoms with Gasteiger partial charge in [0, 0.05) is 0 Å². The van der Waals surface area contributed by atoms with E-state index in [-0.39, 0.29) is 0 Å². The number of benzene rings is 1. The summed E-state index contributed by atoms with van der Waals surface area (Å²) in [5, 5.41) is 1.45. The summed E-state index contributed by atoms with van der Waals surface area (Å²) < 4.78 is 1.52. The van der Waals surface area contributed by atoms with Gasteiger partial charge >= 0.3 is 197 Å². The fourth-order valence-corrected chi connectivity index (χ4v) is 6.60. The molecule has 0 spiro atoms. The van der Waals surface area contributed by atoms with Gasteiger partial charge in [-0.2, -0.15) is 0 Å². The maximum atomic E-state index is 5.32. The quantitative estimate of drug-likeness (QED) is 0.331. The molecule has 0 aliphatic carbocycles. The number of aryl methyl sites for hydroxylation is 2. The fourth-order valence-electron chi connectivity index (χ4n) is 4.45. The first-order chi connectivity index (χ1) is 14.7. The molecule has 2 nitrogen and oxygen atoms in total. The normalized spacial score (nSPS) is 11.4. The van der Waals surface area contributed by atoms with Gasteiger partial charge in [0.25, 0.3) is 0 Å². The summed E-state index contributed by atoms with van der Waals surface area (Å²) in [5.74, 6) is 0. The molecule has 0 aliphatic rings. The second kappa shape index (κ2) is 11.8. The molecule has 0 saturated heterocycles. The van der Waals surface area contributed by atoms with Gasteiger partial charge in [0.2, 0.25) is 0 Å². The number of hydrogen-bond acceptors (Lipinski definition) is 2. The van der Waals surface area contributed by atoms with E-state index >= 15 is 0 Å². The van der Waals surface area contributed by atoms with Gasteiger partial charge in [0.15, 0.2) is 0 Å². The van der Waals surface area contributed by atoms with Crippen molar-refractivity contribution < 1.29 is 0 Å². The van der Waals surface area contributed by atoms with Crippen LogP contribution in [0.25, 0.3) is 10.9 Å². The van der Waals surface area contributed by atoms with Gasteiger partial charge in [-0.25, -0.2) is 0 Å². The molecule has 0 aliphatic heterocycles. The van der Waals surface area contributed by atoms with Crippen molar-refractivity contribution in [3.8, 4) is 0 Å². The third-order valence-electron chi connectivity index (χ3n) is 6.13. The summed E-state index contributed by atoms with van der Waals surface area (Å²) in [6.07, 6.45) is 15.8. The van der Waals surface area contributed by atoms with E-state index < -0.39 is 0 Å². The van der Waals surface area contributed by atoms with Crippen molar-refractivity contribution in [1.29, 1.82) is 0 Å². The average molecular weight is 509 g/mol. The molecular weight excluding hydrogens is 471 g/mol. The van der Waals surface area contributed by atoms with E-state index in [0.29, 0.717) is 22.5 Å². The van der Waals surface area contributed by atoms with E-state index in [4.69, 9.17) is 4.98 Å². The predicted octanol–water partition coefficient (Wildman–Crippen LogP) is 5.24. The van der Waals surface area contributed by atoms with E-state index in [1.54, 1.807) is 11.1 Å². The molecule has 0 fully saturated rings. The molecule has 1 aromatic carbocycles. The molecule has 0 atom stereocenters. The van der Waals surface area contributed by atoms with Crippen LogP contribution in [0, 0.1) is 0 Å². The molecular formula is C27H38N2Sn. The van der Waals surface area contributed by atoms with E-state index in [1.165, 1.54) is 82.7 Å². The van der Waals surface area contributed by atoms with Crippen LogP contribution in [-0.2, 0) is 25.7 Å². The molecule has 3 aromatic rings. The molecule has 30 heavy (non-hydrogen) atoms. The van der Waals surface area contributed by atoms with Crippen molar-refractivity contribution in [2.45, 2.75) is 85.0 Å². The number of hydrogen-bond donors (Lipinski definition) is 0. The maximum absolute atomic E-state index is 5.32. The third-order valence-corrected chi connectivity index (χ3v) is 8.31. The summed E-state index contributed by atoms with van der Waals surface area (Å²) in [7, 11) is 0. The number of fused-ring (bicyclic) bond motifs is 1. The molecule has 0 unspecified atom stereocenters. The molecule has 0 saturated carbocycles. The Morgan fingerprint density at radius 2 is 1.40 bits per heavy atom. The second-order valence-electron chi connectivity index (χ2n) is 8.67. The van der Waals surface area contributed by atoms with Crippen molar-refractivity contribution in [3.63, 3.8) is 0 Å². The van der Waals surface area contributed by atoms with Crippen LogP contribution in [0.2, 0.25) is 0 Å². The van der Waals surface area contributed by atoms with Gasteiger partial charge in [-0.05, 0) is 0 Å². The van der Waals surface area contributed by atoms with Crippen LogP contribution in [0.4, 0.5) is 0 Å². The van der Waals surface area contributed by atoms with Gasteiger partial charge in [0.05, 0.1) is 0 Å². The van der Waals surface area contributed by atoms with Crippen LogP contribution in [0.5, 0.6) is 0 Å². The molecule has 0 radical (unpaired) electrons. The van der Waals surface area contributed by atoms with Gasteiger partial charge in [-0.1, -0.05) is 0 Å². The molecule has 160 valence electrons. The zero-order valence-electron chi connectivity index (χ0n) is 19.4. The van der Waals surface area contributed by atoms with E-state index in [2.05, 4.69) is 50.0 Å². The van der Waals surface area contributed by atoms with Crippen LogP contribution >= 0.6 is 0 Å². The molecule has 0 bridgehead atoms. The molecule has 3 heteroatoms. The van der Waals surface area contributed by atoms with Crippen LogP contribution in [0.1, 0.15) is 87.2 Å². The van der Waals surface area contributed by atoms with Crippen molar-refractivity contribution in [1.82, 2.24) is 9.97 Å². The number of nitrogens with zero attached hydrogens (tertiary/aromatic N) is 2. The standard InChI is InChI=1S/C27H35N2.Sn.3H/c1-4-7-10-23-24(11-8-5-2)26(12-9-6-3)29-27-14-13-22(20-25(23)27)19-21-15-17-28-18-16-21;;;;/h13,15-18,20H,4-12,19H2,1-3H3;;;;. The minimum atomic E-state index is 0.417. The van der Waals surface area contributed by atoms with Crippen LogP contribution in [0.3, 0.4) is 0 Å². The first kappa shape index (κ1) is 23.2. The number of aromatic nitrogens is 2. The Balaban J connectivity index is 2.15. The van der Waals surface area contributed by atoms with E-state index in [9.17, 15) is 0 Å². The first-order valence-electron chi connectivity index (χ1n) is 12.0. The van der Waals surface area contributed by atoms with Crippen molar-refractivity contribution in [3.05, 3.63) is 64.6 Å². The summed E-state index contributed by atoms with van der Waals surface area (Å²) in [6, 6.07) is 9.18. The number of rotatable bonds is 11. The number of pyridine rings is 2. The molecule has 0 N–H and O–H groups in total. The van der Waals surface area contributed by atoms with Crippen molar-refractivity contribution in [2.75, 3.05) is 0 Å². The second-order valence-corrected chi connectivity index (χ2v) is 11.7. The SMILES string of the molecule is CCCCc1nc2[c]([SnH3])cc(Cc3ccncc3)cc2c(CCCC)c1CCCC. The first-order valence-corrected chi connectivity index (χ1v) is 14.9. The summed E-state index contributed by atoms with van der Waals surface area (Å²) >= 11 is 0.417. The Bertz CT molecular complexity index is 950. The predicted molar refractivity (Wildman–Crippen MR) is 134 cm³/mol. The topological polar surface area (TPSA) is 25.8 Å². The van der Waals surface area contributed by atoms with Crippen molar-refractivity contribution in [2.24, 2.45) is 0 Å². The Kier molecular flexibility index (Phi) is 9.17. The summed E-state index contributed by atoms with van der Waals surface area (Å²) in [4.78, 5) is 9.50. The summed E-state index contributed by atoms with van der Waals surface area (Å²) in [5.41, 5.74) is 8.70. The Hall–Kier alpha value is -1.42. The monoisotopic (exact) mass is 510 g/mol. The Morgan fingerprint density at radius 3 is 2.07 bits per heavy atom. The number of unbranched alkanes of at least 4 members (excludes halogenated alkanes) is 3. The van der Waals surface area contributed by atoms with E-state index in [1.807, 2.05) is 12.4 Å². The van der Waals surface area contributed by atoms with Crippen LogP contribution < -0.4 is 3.58 Å². The van der Waals surface area contributed by atoms with Gasteiger partial charge in [-0.15, -0.1) is 0 Å². The molecule has 2 heterocycles. The van der Waals surface area contributed by atoms with Crippen molar-refractivity contribution >= 4 is 37.0 Å². The molecule has 0 amide bonds. The van der Waals surface area contributed by atoms with Crippen LogP contribution in [-0.4, -0.2) is 32.5 Å². The minimum absolute atomic E-state index is 0.417. The van der Waals surface area contributed by atoms with E-state index in [0.717, 1.165) is 12.8 Å². The van der Waals surface area contributed by atoms with Gasteiger partial charge in [-0.3, -0.25) is 0 Å². The zero-order valence-corrected chi connectivity index (χ0v) is 25.1. The molecule has 3 rings (SSSR count). The van der Waals surface area contributed by atoms with Gasteiger partial charge in [0.1, 0.15) is 0 Å². The average Bonchev–Trinajstić information content (AvgIpc) is 2.76. The Morgan fingerprint density at radius 1 is 0.767 bits per heavy atom. The Labute approximate surface area is 196 Å². The fraction of sp³-hybridized carbons (Fsp3) is 0.481. The third kappa shape index (κ3) is 5.84. The summed E-state index contributed by atoms with van der Waals surface area (Å²) in [6.45, 7) is 6.90. The van der Waals surface area contributed by atoms with Gasteiger partial charge < -0.3 is 0 Å². The van der Waals surface area contributed by atoms with Crippen LogP contribution in [0.15, 0.2) is 36.7 Å².